The van der Waals surface area contributed by atoms with E-state index in [9.17, 15) is 13.9 Å². The summed E-state index contributed by atoms with van der Waals surface area (Å²) in [7, 11) is 1.65. The molecule has 1 unspecified atom stereocenters. The topological polar surface area (TPSA) is 92.2 Å². The van der Waals surface area contributed by atoms with Crippen LogP contribution in [0.15, 0.2) is 54.9 Å². The van der Waals surface area contributed by atoms with Gasteiger partial charge in [0.1, 0.15) is 18.5 Å². The summed E-state index contributed by atoms with van der Waals surface area (Å²) in [6.45, 7) is -0.238. The molecule has 2 aromatic heterocycles. The minimum atomic E-state index is -3.04. The van der Waals surface area contributed by atoms with Gasteiger partial charge in [-0.1, -0.05) is 30.3 Å². The summed E-state index contributed by atoms with van der Waals surface area (Å²) in [5.74, 6) is 0.946. The molecule has 0 fully saturated rings. The summed E-state index contributed by atoms with van der Waals surface area (Å²) in [6, 6.07) is 13.8. The highest BCUT2D eigenvalue weighted by molar-refractivity contribution is 5.97. The maximum atomic E-state index is 13.3. The zero-order chi connectivity index (χ0) is 25.7. The molecule has 37 heavy (non-hydrogen) atoms. The predicted octanol–water partition coefficient (Wildman–Crippen LogP) is 3.96. The van der Waals surface area contributed by atoms with Crippen molar-refractivity contribution >= 4 is 0 Å². The Morgan fingerprint density at radius 1 is 1.11 bits per heavy atom. The predicted molar refractivity (Wildman–Crippen MR) is 131 cm³/mol. The third-order valence-corrected chi connectivity index (χ3v) is 6.34. The molecule has 9 nitrogen and oxygen atoms in total. The molecule has 0 spiro atoms. The van der Waals surface area contributed by atoms with Crippen LogP contribution < -0.4 is 9.47 Å². The number of aliphatic hydroxyl groups is 1. The van der Waals surface area contributed by atoms with Crippen LogP contribution in [-0.2, 0) is 20.1 Å². The third-order valence-electron chi connectivity index (χ3n) is 6.34. The van der Waals surface area contributed by atoms with Gasteiger partial charge in [-0.3, -0.25) is 4.68 Å². The lowest BCUT2D eigenvalue weighted by atomic mass is 9.99. The highest BCUT2D eigenvalue weighted by Crippen LogP contribution is 2.48. The summed E-state index contributed by atoms with van der Waals surface area (Å²) < 4.78 is 42.4. The number of benzene rings is 1. The van der Waals surface area contributed by atoms with E-state index in [0.29, 0.717) is 46.3 Å². The molecule has 0 bridgehead atoms. The van der Waals surface area contributed by atoms with Crippen LogP contribution >= 0.6 is 0 Å². The number of fused-ring (bicyclic) bond motifs is 2. The SMILES string of the molecule is Cc1nn2c(c1-c1nc3n(Cc4ccccc4)cccc-3c1-c1cn(C)nc1OC(F)F)OCC(O)C2. The van der Waals surface area contributed by atoms with E-state index < -0.39 is 12.7 Å². The summed E-state index contributed by atoms with van der Waals surface area (Å²) in [6.07, 6.45) is 2.90. The smallest absolute Gasteiger partial charge is 0.388 e. The second-order valence-corrected chi connectivity index (χ2v) is 9.01. The van der Waals surface area contributed by atoms with Crippen LogP contribution in [0.3, 0.4) is 0 Å². The number of aryl methyl sites for hydroxylation is 2. The Morgan fingerprint density at radius 3 is 2.70 bits per heavy atom. The molecule has 6 rings (SSSR count). The van der Waals surface area contributed by atoms with Gasteiger partial charge in [0, 0.05) is 37.1 Å². The summed E-state index contributed by atoms with van der Waals surface area (Å²) >= 11 is 0. The fourth-order valence-corrected chi connectivity index (χ4v) is 4.85. The quantitative estimate of drug-likeness (QED) is 0.375. The average molecular weight is 507 g/mol. The van der Waals surface area contributed by atoms with E-state index >= 15 is 0 Å². The highest BCUT2D eigenvalue weighted by Gasteiger charge is 2.33. The molecule has 1 atom stereocenters. The Morgan fingerprint density at radius 2 is 1.92 bits per heavy atom. The molecule has 1 aromatic carbocycles. The Kier molecular flexibility index (Phi) is 5.64. The second-order valence-electron chi connectivity index (χ2n) is 9.01. The van der Waals surface area contributed by atoms with Crippen molar-refractivity contribution in [3.63, 3.8) is 0 Å². The van der Waals surface area contributed by atoms with Gasteiger partial charge in [0.05, 0.1) is 29.1 Å². The molecule has 0 aliphatic carbocycles. The third kappa shape index (κ3) is 4.10. The number of ether oxygens (including phenoxy) is 2. The molecule has 0 saturated heterocycles. The zero-order valence-electron chi connectivity index (χ0n) is 20.2. The number of pyridine rings is 1. The van der Waals surface area contributed by atoms with Crippen molar-refractivity contribution in [3.8, 4) is 45.5 Å². The molecule has 1 N–H and O–H groups in total. The zero-order valence-corrected chi connectivity index (χ0v) is 20.2. The van der Waals surface area contributed by atoms with Gasteiger partial charge in [0.2, 0.25) is 11.8 Å². The van der Waals surface area contributed by atoms with E-state index in [0.717, 1.165) is 11.1 Å². The molecule has 3 aliphatic rings. The van der Waals surface area contributed by atoms with Gasteiger partial charge in [0.25, 0.3) is 0 Å². The van der Waals surface area contributed by atoms with E-state index in [-0.39, 0.29) is 19.0 Å². The lowest BCUT2D eigenvalue weighted by Gasteiger charge is -2.20. The second kappa shape index (κ2) is 9.00. The number of nitrogens with zero attached hydrogens (tertiary/aromatic N) is 6. The van der Waals surface area contributed by atoms with Crippen LogP contribution in [0.25, 0.3) is 33.8 Å². The van der Waals surface area contributed by atoms with Gasteiger partial charge in [-0.25, -0.2) is 9.67 Å². The molecular formula is C26H24F2N6O3. The van der Waals surface area contributed by atoms with Crippen LogP contribution in [0, 0.1) is 6.92 Å². The molecule has 3 aliphatic heterocycles. The molecular weight excluding hydrogens is 482 g/mol. The molecule has 190 valence electrons. The van der Waals surface area contributed by atoms with E-state index in [1.807, 2.05) is 60.2 Å². The Labute approximate surface area is 210 Å². The first-order valence-electron chi connectivity index (χ1n) is 11.8. The monoisotopic (exact) mass is 506 g/mol. The van der Waals surface area contributed by atoms with Crippen molar-refractivity contribution in [1.82, 2.24) is 29.1 Å². The van der Waals surface area contributed by atoms with Gasteiger partial charge >= 0.3 is 6.61 Å². The Balaban J connectivity index is 1.60. The maximum Gasteiger partial charge on any atom is 0.388 e. The van der Waals surface area contributed by atoms with Crippen LogP contribution in [0.5, 0.6) is 11.8 Å². The molecule has 5 heterocycles. The lowest BCUT2D eigenvalue weighted by Crippen LogP contribution is -2.30. The van der Waals surface area contributed by atoms with E-state index in [1.54, 1.807) is 17.9 Å². The number of rotatable bonds is 6. The summed E-state index contributed by atoms with van der Waals surface area (Å²) in [5.41, 5.74) is 4.61. The first-order chi connectivity index (χ1) is 17.9. The van der Waals surface area contributed by atoms with Crippen molar-refractivity contribution in [2.24, 2.45) is 7.05 Å². The van der Waals surface area contributed by atoms with Crippen molar-refractivity contribution in [1.29, 1.82) is 0 Å². The largest absolute Gasteiger partial charge is 0.475 e. The Hall–Kier alpha value is -4.25. The number of aliphatic hydroxyl groups excluding tert-OH is 1. The van der Waals surface area contributed by atoms with Gasteiger partial charge in [0.15, 0.2) is 0 Å². The van der Waals surface area contributed by atoms with Crippen LogP contribution in [0.1, 0.15) is 11.3 Å². The van der Waals surface area contributed by atoms with Crippen molar-refractivity contribution < 1.29 is 23.4 Å². The molecule has 11 heteroatoms. The van der Waals surface area contributed by atoms with E-state index in [2.05, 4.69) is 10.2 Å². The van der Waals surface area contributed by atoms with Gasteiger partial charge in [-0.15, -0.1) is 5.10 Å². The minimum Gasteiger partial charge on any atom is -0.475 e. The van der Waals surface area contributed by atoms with Crippen molar-refractivity contribution in [2.45, 2.75) is 32.7 Å². The maximum absolute atomic E-state index is 13.3. The number of halogens is 2. The summed E-state index contributed by atoms with van der Waals surface area (Å²) in [5, 5.41) is 18.8. The van der Waals surface area contributed by atoms with Gasteiger partial charge < -0.3 is 19.1 Å². The fraction of sp³-hybridized carbons (Fsp3) is 0.269. The first-order valence-corrected chi connectivity index (χ1v) is 11.8. The molecule has 0 radical (unpaired) electrons. The van der Waals surface area contributed by atoms with Crippen LogP contribution in [0.2, 0.25) is 0 Å². The molecule has 0 amide bonds. The molecule has 0 saturated carbocycles. The van der Waals surface area contributed by atoms with Crippen LogP contribution in [0.4, 0.5) is 8.78 Å². The van der Waals surface area contributed by atoms with Crippen molar-refractivity contribution in [2.75, 3.05) is 6.61 Å². The minimum absolute atomic E-state index is 0.119. The standard InChI is InChI=1S/C26H24F2N6O3/c1-15-20(25-34(30-15)12-17(35)14-36-25)22-21(19-13-32(2)31-24(19)37-26(27)28)18-9-6-10-33(23(18)29-22)11-16-7-4-3-5-8-16/h3-10,13,17,26,35H,11-12,14H2,1-2H3. The molecule has 3 aromatic rings. The van der Waals surface area contributed by atoms with E-state index in [4.69, 9.17) is 14.5 Å². The van der Waals surface area contributed by atoms with Crippen molar-refractivity contribution in [3.05, 3.63) is 66.1 Å². The number of hydrogen-bond donors (Lipinski definition) is 1. The number of hydrogen-bond acceptors (Lipinski definition) is 6. The Bertz CT molecular complexity index is 1540. The number of aromatic nitrogens is 6. The average Bonchev–Trinajstić information content (AvgIpc) is 3.50. The fourth-order valence-electron chi connectivity index (χ4n) is 4.85. The normalized spacial score (nSPS) is 15.2. The first kappa shape index (κ1) is 23.2. The van der Waals surface area contributed by atoms with E-state index in [1.165, 1.54) is 4.68 Å². The number of alkyl halides is 2. The lowest BCUT2D eigenvalue weighted by molar-refractivity contribution is -0.0527. The summed E-state index contributed by atoms with van der Waals surface area (Å²) in [4.78, 5) is 5.03. The van der Waals surface area contributed by atoms with Crippen LogP contribution in [-0.4, -0.2) is 53.5 Å². The highest BCUT2D eigenvalue weighted by atomic mass is 19.3. The van der Waals surface area contributed by atoms with Gasteiger partial charge in [-0.05, 0) is 24.6 Å². The van der Waals surface area contributed by atoms with Gasteiger partial charge in [-0.2, -0.15) is 13.9 Å².